The van der Waals surface area contributed by atoms with Gasteiger partial charge in [-0.25, -0.2) is 4.39 Å². The lowest BCUT2D eigenvalue weighted by atomic mass is 10.1. The predicted octanol–water partition coefficient (Wildman–Crippen LogP) is 2.26. The topological polar surface area (TPSA) is 43.1 Å². The smallest absolute Gasteiger partial charge is 0.248 e. The molecule has 1 rings (SSSR count). The summed E-state index contributed by atoms with van der Waals surface area (Å²) in [5, 5.41) is 0. The van der Waals surface area contributed by atoms with Crippen molar-refractivity contribution < 1.29 is 9.18 Å². The molecule has 2 N–H and O–H groups in total. The van der Waals surface area contributed by atoms with Crippen LogP contribution in [-0.4, -0.2) is 5.91 Å². The average Bonchev–Trinajstić information content (AvgIpc) is 2.07. The van der Waals surface area contributed by atoms with Crippen LogP contribution in [-0.2, 0) is 0 Å². The highest BCUT2D eigenvalue weighted by molar-refractivity contribution is 5.94. The van der Waals surface area contributed by atoms with Gasteiger partial charge in [-0.2, -0.15) is 0 Å². The van der Waals surface area contributed by atoms with E-state index in [-0.39, 0.29) is 5.82 Å². The number of nitrogens with two attached hydrogens (primary N) is 1. The first kappa shape index (κ1) is 11.6. The Balaban J connectivity index is 0.000000671. The van der Waals surface area contributed by atoms with Crippen LogP contribution in [0, 0.1) is 12.7 Å². The molecule has 0 aliphatic heterocycles. The maximum atomic E-state index is 12.5. The van der Waals surface area contributed by atoms with E-state index in [4.69, 9.17) is 5.73 Å². The lowest BCUT2D eigenvalue weighted by Crippen LogP contribution is -2.12. The molecule has 0 radical (unpaired) electrons. The molecule has 0 spiro atoms. The van der Waals surface area contributed by atoms with Crippen LogP contribution in [0.5, 0.6) is 0 Å². The fourth-order valence-corrected chi connectivity index (χ4v) is 0.904. The van der Waals surface area contributed by atoms with Gasteiger partial charge in [-0.15, -0.1) is 0 Å². The highest BCUT2D eigenvalue weighted by atomic mass is 19.1. The molecule has 0 heterocycles. The molecule has 0 aromatic heterocycles. The minimum atomic E-state index is -0.525. The van der Waals surface area contributed by atoms with E-state index in [0.717, 1.165) is 0 Å². The number of hydrogen-bond donors (Lipinski definition) is 1. The quantitative estimate of drug-likeness (QED) is 0.713. The van der Waals surface area contributed by atoms with Crippen LogP contribution in [0.2, 0.25) is 0 Å². The molecule has 0 aliphatic carbocycles. The molecule has 0 unspecified atom stereocenters. The highest BCUT2D eigenvalue weighted by Crippen LogP contribution is 2.08. The fourth-order valence-electron chi connectivity index (χ4n) is 0.904. The molecule has 0 saturated heterocycles. The Morgan fingerprint density at radius 1 is 1.38 bits per heavy atom. The predicted molar refractivity (Wildman–Crippen MR) is 51.0 cm³/mol. The summed E-state index contributed by atoms with van der Waals surface area (Å²) >= 11 is 0. The summed E-state index contributed by atoms with van der Waals surface area (Å²) in [4.78, 5) is 10.6. The maximum Gasteiger partial charge on any atom is 0.248 e. The molecular weight excluding hydrogens is 169 g/mol. The molecule has 13 heavy (non-hydrogen) atoms. The molecule has 3 heteroatoms. The highest BCUT2D eigenvalue weighted by Gasteiger charge is 2.03. The van der Waals surface area contributed by atoms with Gasteiger partial charge < -0.3 is 5.73 Å². The standard InChI is InChI=1S/C8H8FNO.C2H6/c1-5-4-6(9)2-3-7(5)8(10)11;1-2/h2-4H,1H3,(H2,10,11);1-2H3. The number of primary amides is 1. The van der Waals surface area contributed by atoms with E-state index in [1.807, 2.05) is 13.8 Å². The van der Waals surface area contributed by atoms with Crippen molar-refractivity contribution in [2.24, 2.45) is 5.73 Å². The number of aryl methyl sites for hydroxylation is 1. The van der Waals surface area contributed by atoms with Gasteiger partial charge in [0.2, 0.25) is 5.91 Å². The van der Waals surface area contributed by atoms with Crippen LogP contribution in [0.25, 0.3) is 0 Å². The van der Waals surface area contributed by atoms with E-state index >= 15 is 0 Å². The van der Waals surface area contributed by atoms with Crippen molar-refractivity contribution in [2.75, 3.05) is 0 Å². The Morgan fingerprint density at radius 3 is 2.31 bits per heavy atom. The summed E-state index contributed by atoms with van der Waals surface area (Å²) < 4.78 is 12.5. The second-order valence-electron chi connectivity index (χ2n) is 2.32. The van der Waals surface area contributed by atoms with Gasteiger partial charge in [-0.1, -0.05) is 13.8 Å². The summed E-state index contributed by atoms with van der Waals surface area (Å²) in [7, 11) is 0. The Morgan fingerprint density at radius 2 is 1.92 bits per heavy atom. The van der Waals surface area contributed by atoms with Crippen LogP contribution in [0.4, 0.5) is 4.39 Å². The number of benzene rings is 1. The zero-order valence-corrected chi connectivity index (χ0v) is 8.10. The van der Waals surface area contributed by atoms with Gasteiger partial charge in [0.25, 0.3) is 0 Å². The van der Waals surface area contributed by atoms with Crippen LogP contribution >= 0.6 is 0 Å². The molecule has 1 amide bonds. The first-order valence-electron chi connectivity index (χ1n) is 4.17. The van der Waals surface area contributed by atoms with Crippen molar-refractivity contribution >= 4 is 5.91 Å². The number of carbonyl (C=O) groups is 1. The molecule has 1 aromatic carbocycles. The van der Waals surface area contributed by atoms with Gasteiger partial charge >= 0.3 is 0 Å². The first-order chi connectivity index (χ1) is 6.11. The summed E-state index contributed by atoms with van der Waals surface area (Å²) in [6.07, 6.45) is 0. The first-order valence-corrected chi connectivity index (χ1v) is 4.17. The number of carbonyl (C=O) groups excluding carboxylic acids is 1. The van der Waals surface area contributed by atoms with E-state index in [0.29, 0.717) is 11.1 Å². The monoisotopic (exact) mass is 183 g/mol. The van der Waals surface area contributed by atoms with Gasteiger partial charge in [0.15, 0.2) is 0 Å². The Labute approximate surface area is 77.6 Å². The third-order valence-electron chi connectivity index (χ3n) is 1.45. The molecular formula is C10H14FNO. The lowest BCUT2D eigenvalue weighted by Gasteiger charge is -1.99. The molecule has 0 fully saturated rings. The average molecular weight is 183 g/mol. The summed E-state index contributed by atoms with van der Waals surface area (Å²) in [6.45, 7) is 5.64. The Bertz CT molecular complexity index is 297. The Kier molecular flexibility index (Phi) is 4.74. The van der Waals surface area contributed by atoms with E-state index in [1.165, 1.54) is 18.2 Å². The van der Waals surface area contributed by atoms with Crippen LogP contribution in [0.1, 0.15) is 29.8 Å². The summed E-state index contributed by atoms with van der Waals surface area (Å²) in [5.74, 6) is -0.880. The van der Waals surface area contributed by atoms with E-state index < -0.39 is 5.91 Å². The normalized spacial score (nSPS) is 8.62. The Hall–Kier alpha value is -1.38. The number of hydrogen-bond acceptors (Lipinski definition) is 1. The van der Waals surface area contributed by atoms with Crippen LogP contribution in [0.3, 0.4) is 0 Å². The number of halogens is 1. The third-order valence-corrected chi connectivity index (χ3v) is 1.45. The summed E-state index contributed by atoms with van der Waals surface area (Å²) in [5.41, 5.74) is 5.94. The van der Waals surface area contributed by atoms with Gasteiger partial charge in [-0.05, 0) is 30.7 Å². The second kappa shape index (κ2) is 5.30. The summed E-state index contributed by atoms with van der Waals surface area (Å²) in [6, 6.07) is 3.88. The van der Waals surface area contributed by atoms with E-state index in [2.05, 4.69) is 0 Å². The zero-order chi connectivity index (χ0) is 10.4. The van der Waals surface area contributed by atoms with E-state index in [1.54, 1.807) is 6.92 Å². The molecule has 72 valence electrons. The minimum absolute atomic E-state index is 0.354. The SMILES string of the molecule is CC.Cc1cc(F)ccc1C(N)=O. The lowest BCUT2D eigenvalue weighted by molar-refractivity contribution is 0.0999. The van der Waals surface area contributed by atoms with Gasteiger partial charge in [0.05, 0.1) is 0 Å². The second-order valence-corrected chi connectivity index (χ2v) is 2.32. The zero-order valence-electron chi connectivity index (χ0n) is 8.10. The maximum absolute atomic E-state index is 12.5. The van der Waals surface area contributed by atoms with E-state index in [9.17, 15) is 9.18 Å². The van der Waals surface area contributed by atoms with Crippen LogP contribution < -0.4 is 5.73 Å². The largest absolute Gasteiger partial charge is 0.366 e. The molecule has 0 atom stereocenters. The van der Waals surface area contributed by atoms with Crippen molar-refractivity contribution in [2.45, 2.75) is 20.8 Å². The van der Waals surface area contributed by atoms with Crippen molar-refractivity contribution in [3.05, 3.63) is 35.1 Å². The molecule has 1 aromatic rings. The van der Waals surface area contributed by atoms with Gasteiger partial charge in [0, 0.05) is 5.56 Å². The number of amides is 1. The van der Waals surface area contributed by atoms with Crippen LogP contribution in [0.15, 0.2) is 18.2 Å². The van der Waals surface area contributed by atoms with Gasteiger partial charge in [0.1, 0.15) is 5.82 Å². The van der Waals surface area contributed by atoms with Gasteiger partial charge in [-0.3, -0.25) is 4.79 Å². The van der Waals surface area contributed by atoms with Crippen molar-refractivity contribution in [1.82, 2.24) is 0 Å². The van der Waals surface area contributed by atoms with Crippen molar-refractivity contribution in [3.8, 4) is 0 Å². The number of rotatable bonds is 1. The third kappa shape index (κ3) is 3.23. The fraction of sp³-hybridized carbons (Fsp3) is 0.300. The minimum Gasteiger partial charge on any atom is -0.366 e. The molecule has 0 saturated carbocycles. The van der Waals surface area contributed by atoms with Crippen molar-refractivity contribution in [1.29, 1.82) is 0 Å². The molecule has 2 nitrogen and oxygen atoms in total. The molecule has 0 bridgehead atoms. The molecule has 0 aliphatic rings. The van der Waals surface area contributed by atoms with Crippen molar-refractivity contribution in [3.63, 3.8) is 0 Å².